The zero-order valence-corrected chi connectivity index (χ0v) is 6.88. The lowest BCUT2D eigenvalue weighted by Gasteiger charge is -2.15. The first-order valence-corrected chi connectivity index (χ1v) is 3.65. The minimum Gasteiger partial charge on any atom is -0.368 e. The lowest BCUT2D eigenvalue weighted by molar-refractivity contribution is -0.118. The second kappa shape index (κ2) is 4.20. The summed E-state index contributed by atoms with van der Waals surface area (Å²) in [6, 6.07) is 0. The average Bonchev–Trinajstić information content (AvgIpc) is 2.08. The summed E-state index contributed by atoms with van der Waals surface area (Å²) in [6.07, 6.45) is 7.84. The molecule has 0 saturated carbocycles. The normalized spacial score (nSPS) is 14.5. The van der Waals surface area contributed by atoms with E-state index in [1.165, 1.54) is 6.20 Å². The average molecular weight is 179 g/mol. The van der Waals surface area contributed by atoms with Crippen molar-refractivity contribution in [2.24, 2.45) is 10.9 Å². The number of carbonyl (C=O) groups is 1. The van der Waals surface area contributed by atoms with Crippen LogP contribution in [0.25, 0.3) is 0 Å². The van der Waals surface area contributed by atoms with Crippen LogP contribution in [0.15, 0.2) is 41.5 Å². The summed E-state index contributed by atoms with van der Waals surface area (Å²) in [5.74, 6) is -0.407. The maximum Gasteiger partial charge on any atom is 0.237 e. The fraction of sp³-hybridized carbons (Fsp3) is 0.125. The maximum atomic E-state index is 10.5. The van der Waals surface area contributed by atoms with Crippen LogP contribution in [0.1, 0.15) is 0 Å². The van der Waals surface area contributed by atoms with Crippen molar-refractivity contribution in [3.63, 3.8) is 0 Å². The van der Waals surface area contributed by atoms with E-state index in [4.69, 9.17) is 5.73 Å². The molecule has 0 aromatic heterocycles. The highest BCUT2D eigenvalue weighted by Gasteiger charge is 2.03. The molecule has 0 saturated heterocycles. The molecule has 0 aromatic rings. The third-order valence-corrected chi connectivity index (χ3v) is 1.46. The third kappa shape index (κ3) is 2.90. The van der Waals surface area contributed by atoms with Crippen LogP contribution in [-0.2, 0) is 4.79 Å². The van der Waals surface area contributed by atoms with Gasteiger partial charge in [0.25, 0.3) is 0 Å². The molecule has 0 bridgehead atoms. The molecule has 0 radical (unpaired) electrons. The van der Waals surface area contributed by atoms with Gasteiger partial charge in [-0.25, -0.2) is 0 Å². The van der Waals surface area contributed by atoms with Crippen molar-refractivity contribution in [2.45, 2.75) is 0 Å². The van der Waals surface area contributed by atoms with Crippen molar-refractivity contribution in [2.75, 3.05) is 6.54 Å². The van der Waals surface area contributed by atoms with Crippen molar-refractivity contribution in [3.8, 4) is 0 Å². The van der Waals surface area contributed by atoms with Crippen LogP contribution < -0.4 is 5.73 Å². The fourth-order valence-electron chi connectivity index (χ4n) is 0.901. The quantitative estimate of drug-likeness (QED) is 0.639. The third-order valence-electron chi connectivity index (χ3n) is 1.46. The van der Waals surface area contributed by atoms with Crippen LogP contribution in [-0.4, -0.2) is 17.4 Å². The molecule has 0 unspecified atom stereocenters. The summed E-state index contributed by atoms with van der Waals surface area (Å²) >= 11 is 0. The van der Waals surface area contributed by atoms with E-state index >= 15 is 0 Å². The van der Waals surface area contributed by atoms with Gasteiger partial charge in [0.15, 0.2) is 0 Å². The zero-order chi connectivity index (χ0) is 9.68. The molecule has 0 aliphatic carbocycles. The predicted octanol–water partition coefficient (Wildman–Crippen LogP) is 0.465. The Balaban J connectivity index is 2.58. The molecule has 5 nitrogen and oxygen atoms in total. The molecule has 1 amide bonds. The smallest absolute Gasteiger partial charge is 0.237 e. The van der Waals surface area contributed by atoms with Crippen molar-refractivity contribution in [1.82, 2.24) is 4.90 Å². The SMILES string of the molecule is NC(=O)CN1C=CC(=CN=O)C=C1. The number of rotatable bonds is 3. The number of amides is 1. The zero-order valence-electron chi connectivity index (χ0n) is 6.88. The standard InChI is InChI=1S/C8H9N3O2/c9-8(12)6-11-3-1-7(2-4-11)5-10-13/h1-5H,6H2,(H2,9,12). The first kappa shape index (κ1) is 9.18. The monoisotopic (exact) mass is 179 g/mol. The highest BCUT2D eigenvalue weighted by atomic mass is 16.2. The number of hydrogen-bond donors (Lipinski definition) is 1. The minimum atomic E-state index is -0.407. The molecule has 0 spiro atoms. The summed E-state index contributed by atoms with van der Waals surface area (Å²) in [6.45, 7) is 0.134. The van der Waals surface area contributed by atoms with Crippen molar-refractivity contribution in [3.05, 3.63) is 41.2 Å². The summed E-state index contributed by atoms with van der Waals surface area (Å²) in [4.78, 5) is 22.0. The van der Waals surface area contributed by atoms with Crippen molar-refractivity contribution >= 4 is 5.91 Å². The van der Waals surface area contributed by atoms with Crippen LogP contribution in [0.5, 0.6) is 0 Å². The van der Waals surface area contributed by atoms with Crippen LogP contribution in [0.3, 0.4) is 0 Å². The number of hydrogen-bond acceptors (Lipinski definition) is 4. The molecule has 0 atom stereocenters. The summed E-state index contributed by atoms with van der Waals surface area (Å²) in [7, 11) is 0. The highest BCUT2D eigenvalue weighted by Crippen LogP contribution is 2.08. The van der Waals surface area contributed by atoms with Crippen LogP contribution in [0, 0.1) is 4.91 Å². The van der Waals surface area contributed by atoms with E-state index in [0.29, 0.717) is 5.57 Å². The van der Waals surface area contributed by atoms with E-state index < -0.39 is 5.91 Å². The second-order valence-electron chi connectivity index (χ2n) is 2.50. The molecule has 13 heavy (non-hydrogen) atoms. The molecule has 0 aromatic carbocycles. The van der Waals surface area contributed by atoms with E-state index in [0.717, 1.165) is 0 Å². The Morgan fingerprint density at radius 1 is 1.54 bits per heavy atom. The Kier molecular flexibility index (Phi) is 2.97. The minimum absolute atomic E-state index is 0.134. The van der Waals surface area contributed by atoms with Gasteiger partial charge < -0.3 is 10.6 Å². The van der Waals surface area contributed by atoms with Crippen LogP contribution in [0.2, 0.25) is 0 Å². The molecule has 1 heterocycles. The molecule has 0 fully saturated rings. The Morgan fingerprint density at radius 3 is 2.62 bits per heavy atom. The number of nitrogens with zero attached hydrogens (tertiary/aromatic N) is 2. The van der Waals surface area contributed by atoms with Gasteiger partial charge in [-0.1, -0.05) is 0 Å². The van der Waals surface area contributed by atoms with Gasteiger partial charge in [-0.3, -0.25) is 4.79 Å². The number of allylic oxidation sites excluding steroid dienone is 3. The molecule has 2 N–H and O–H groups in total. The Labute approximate surface area is 75.2 Å². The number of carbonyl (C=O) groups excluding carboxylic acids is 1. The van der Waals surface area contributed by atoms with E-state index in [9.17, 15) is 9.70 Å². The highest BCUT2D eigenvalue weighted by molar-refractivity contribution is 5.76. The Bertz CT molecular complexity index is 289. The lowest BCUT2D eigenvalue weighted by Crippen LogP contribution is -2.27. The topological polar surface area (TPSA) is 75.8 Å². The van der Waals surface area contributed by atoms with E-state index in [2.05, 4.69) is 5.18 Å². The first-order valence-electron chi connectivity index (χ1n) is 3.65. The first-order chi connectivity index (χ1) is 6.22. The number of primary amides is 1. The summed E-state index contributed by atoms with van der Waals surface area (Å²) in [5.41, 5.74) is 5.68. The molecule has 1 aliphatic heterocycles. The van der Waals surface area contributed by atoms with Crippen molar-refractivity contribution < 1.29 is 4.79 Å². The lowest BCUT2D eigenvalue weighted by atomic mass is 10.2. The summed E-state index contributed by atoms with van der Waals surface area (Å²) in [5, 5.41) is 2.62. The fourth-order valence-corrected chi connectivity index (χ4v) is 0.901. The van der Waals surface area contributed by atoms with Gasteiger partial charge in [0.05, 0.1) is 6.20 Å². The van der Waals surface area contributed by atoms with Crippen LogP contribution in [0.4, 0.5) is 0 Å². The molecule has 68 valence electrons. The largest absolute Gasteiger partial charge is 0.368 e. The number of nitroso groups, excluding NO2 is 1. The van der Waals surface area contributed by atoms with Gasteiger partial charge >= 0.3 is 0 Å². The van der Waals surface area contributed by atoms with Gasteiger partial charge in [-0.05, 0) is 22.9 Å². The predicted molar refractivity (Wildman–Crippen MR) is 48.1 cm³/mol. The molecule has 5 heteroatoms. The number of nitrogens with two attached hydrogens (primary N) is 1. The molecule has 1 rings (SSSR count). The van der Waals surface area contributed by atoms with E-state index in [1.54, 1.807) is 29.5 Å². The van der Waals surface area contributed by atoms with Gasteiger partial charge in [0.2, 0.25) is 5.91 Å². The van der Waals surface area contributed by atoms with E-state index in [-0.39, 0.29) is 6.54 Å². The molecular weight excluding hydrogens is 170 g/mol. The van der Waals surface area contributed by atoms with E-state index in [1.807, 2.05) is 0 Å². The van der Waals surface area contributed by atoms with Crippen LogP contribution >= 0.6 is 0 Å². The van der Waals surface area contributed by atoms with Crippen molar-refractivity contribution in [1.29, 1.82) is 0 Å². The van der Waals surface area contributed by atoms with Gasteiger partial charge in [0, 0.05) is 12.4 Å². The molecule has 1 aliphatic rings. The Hall–Kier alpha value is -1.91. The maximum absolute atomic E-state index is 10.5. The van der Waals surface area contributed by atoms with Gasteiger partial charge in [0.1, 0.15) is 6.54 Å². The Morgan fingerprint density at radius 2 is 2.15 bits per heavy atom. The molecular formula is C8H9N3O2. The van der Waals surface area contributed by atoms with Gasteiger partial charge in [-0.15, -0.1) is 4.91 Å². The second-order valence-corrected chi connectivity index (χ2v) is 2.50. The summed E-state index contributed by atoms with van der Waals surface area (Å²) < 4.78 is 0. The van der Waals surface area contributed by atoms with Gasteiger partial charge in [-0.2, -0.15) is 0 Å².